The van der Waals surface area contributed by atoms with Gasteiger partial charge in [0.15, 0.2) is 0 Å². The van der Waals surface area contributed by atoms with E-state index in [0.29, 0.717) is 16.5 Å². The maximum Gasteiger partial charge on any atom is 0.142 e. The fourth-order valence-corrected chi connectivity index (χ4v) is 3.52. The lowest BCUT2D eigenvalue weighted by atomic mass is 10.0. The van der Waals surface area contributed by atoms with Crippen LogP contribution < -0.4 is 5.73 Å². The minimum absolute atomic E-state index is 0.291. The Balaban J connectivity index is 1.88. The van der Waals surface area contributed by atoms with Crippen LogP contribution >= 0.6 is 27.3 Å². The van der Waals surface area contributed by atoms with Crippen LogP contribution in [0.25, 0.3) is 10.2 Å². The normalized spacial score (nSPS) is 12.8. The SMILES string of the molecule is NC(Cc1nc2ccccc2s1)c1cccc(Br)c1F. The molecule has 0 aliphatic carbocycles. The van der Waals surface area contributed by atoms with Crippen molar-refractivity contribution in [3.05, 3.63) is 63.3 Å². The Morgan fingerprint density at radius 1 is 1.20 bits per heavy atom. The molecule has 0 saturated carbocycles. The number of nitrogens with zero attached hydrogens (tertiary/aromatic N) is 1. The quantitative estimate of drug-likeness (QED) is 0.758. The van der Waals surface area contributed by atoms with Crippen LogP contribution in [0.15, 0.2) is 46.9 Å². The molecule has 2 aromatic carbocycles. The van der Waals surface area contributed by atoms with Gasteiger partial charge >= 0.3 is 0 Å². The summed E-state index contributed by atoms with van der Waals surface area (Å²) in [7, 11) is 0. The number of para-hydroxylation sites is 1. The summed E-state index contributed by atoms with van der Waals surface area (Å²) in [6, 6.07) is 12.7. The van der Waals surface area contributed by atoms with Crippen LogP contribution in [-0.4, -0.2) is 4.98 Å². The molecule has 2 N–H and O–H groups in total. The Hall–Kier alpha value is -1.30. The third-order valence-electron chi connectivity index (χ3n) is 3.11. The summed E-state index contributed by atoms with van der Waals surface area (Å²) in [4.78, 5) is 4.53. The molecule has 0 aliphatic rings. The van der Waals surface area contributed by atoms with E-state index >= 15 is 0 Å². The number of hydrogen-bond acceptors (Lipinski definition) is 3. The second kappa shape index (κ2) is 5.60. The topological polar surface area (TPSA) is 38.9 Å². The third kappa shape index (κ3) is 2.61. The Morgan fingerprint density at radius 3 is 2.80 bits per heavy atom. The first-order chi connectivity index (χ1) is 9.65. The van der Waals surface area contributed by atoms with Gasteiger partial charge in [-0.05, 0) is 34.1 Å². The molecule has 1 heterocycles. The fraction of sp³-hybridized carbons (Fsp3) is 0.133. The van der Waals surface area contributed by atoms with Crippen molar-refractivity contribution >= 4 is 37.5 Å². The Bertz CT molecular complexity index is 723. The molecule has 0 saturated heterocycles. The predicted octanol–water partition coefficient (Wildman–Crippen LogP) is 4.44. The van der Waals surface area contributed by atoms with Gasteiger partial charge in [-0.3, -0.25) is 0 Å². The van der Waals surface area contributed by atoms with Gasteiger partial charge in [0, 0.05) is 18.0 Å². The van der Waals surface area contributed by atoms with Gasteiger partial charge in [-0.15, -0.1) is 11.3 Å². The molecule has 0 amide bonds. The van der Waals surface area contributed by atoms with Gasteiger partial charge in [0.05, 0.1) is 19.7 Å². The van der Waals surface area contributed by atoms with Crippen LogP contribution in [-0.2, 0) is 6.42 Å². The summed E-state index contributed by atoms with van der Waals surface area (Å²) in [6.07, 6.45) is 0.534. The highest BCUT2D eigenvalue weighted by Crippen LogP contribution is 2.28. The molecule has 3 aromatic rings. The molecule has 1 unspecified atom stereocenters. The highest BCUT2D eigenvalue weighted by atomic mass is 79.9. The fourth-order valence-electron chi connectivity index (χ4n) is 2.11. The van der Waals surface area contributed by atoms with Gasteiger partial charge < -0.3 is 5.73 Å². The van der Waals surface area contributed by atoms with Gasteiger partial charge in [-0.1, -0.05) is 24.3 Å². The minimum atomic E-state index is -0.395. The van der Waals surface area contributed by atoms with Crippen molar-refractivity contribution in [2.75, 3.05) is 0 Å². The maximum atomic E-state index is 14.0. The van der Waals surface area contributed by atoms with Crippen molar-refractivity contribution in [1.29, 1.82) is 0 Å². The van der Waals surface area contributed by atoms with Crippen LogP contribution in [0.3, 0.4) is 0 Å². The molecule has 2 nitrogen and oxygen atoms in total. The van der Waals surface area contributed by atoms with Crippen molar-refractivity contribution in [2.24, 2.45) is 5.73 Å². The first kappa shape index (κ1) is 13.7. The standard InChI is InChI=1S/C15H12BrFN2S/c16-10-5-3-4-9(15(10)17)11(18)8-14-19-12-6-1-2-7-13(12)20-14/h1-7,11H,8,18H2. The zero-order valence-electron chi connectivity index (χ0n) is 10.5. The second-order valence-electron chi connectivity index (χ2n) is 4.53. The number of aromatic nitrogens is 1. The summed E-state index contributed by atoms with van der Waals surface area (Å²) >= 11 is 4.79. The first-order valence-corrected chi connectivity index (χ1v) is 7.80. The van der Waals surface area contributed by atoms with E-state index in [1.54, 1.807) is 29.5 Å². The molecule has 0 aliphatic heterocycles. The number of halogens is 2. The van der Waals surface area contributed by atoms with Crippen molar-refractivity contribution in [3.8, 4) is 0 Å². The minimum Gasteiger partial charge on any atom is -0.324 e. The number of rotatable bonds is 3. The smallest absolute Gasteiger partial charge is 0.142 e. The monoisotopic (exact) mass is 350 g/mol. The van der Waals surface area contributed by atoms with Gasteiger partial charge in [-0.25, -0.2) is 9.37 Å². The van der Waals surface area contributed by atoms with Gasteiger partial charge in [0.1, 0.15) is 5.82 Å². The van der Waals surface area contributed by atoms with E-state index in [1.807, 2.05) is 24.3 Å². The molecule has 102 valence electrons. The van der Waals surface area contributed by atoms with E-state index in [9.17, 15) is 4.39 Å². The Kier molecular flexibility index (Phi) is 3.83. The van der Waals surface area contributed by atoms with Gasteiger partial charge in [0.2, 0.25) is 0 Å². The predicted molar refractivity (Wildman–Crippen MR) is 84.4 cm³/mol. The zero-order chi connectivity index (χ0) is 14.1. The van der Waals surface area contributed by atoms with Crippen LogP contribution in [0.2, 0.25) is 0 Å². The highest BCUT2D eigenvalue weighted by Gasteiger charge is 2.16. The lowest BCUT2D eigenvalue weighted by molar-refractivity contribution is 0.574. The lowest BCUT2D eigenvalue weighted by Crippen LogP contribution is -2.15. The first-order valence-electron chi connectivity index (χ1n) is 6.19. The largest absolute Gasteiger partial charge is 0.324 e. The van der Waals surface area contributed by atoms with E-state index in [0.717, 1.165) is 15.2 Å². The maximum absolute atomic E-state index is 14.0. The Labute approximate surface area is 128 Å². The highest BCUT2D eigenvalue weighted by molar-refractivity contribution is 9.10. The van der Waals surface area contributed by atoms with Crippen LogP contribution in [0.1, 0.15) is 16.6 Å². The van der Waals surface area contributed by atoms with Gasteiger partial charge in [0.25, 0.3) is 0 Å². The van der Waals surface area contributed by atoms with E-state index < -0.39 is 6.04 Å². The molecule has 1 aromatic heterocycles. The number of thiazole rings is 1. The average Bonchev–Trinajstić information content (AvgIpc) is 2.83. The number of hydrogen-bond donors (Lipinski definition) is 1. The molecule has 20 heavy (non-hydrogen) atoms. The third-order valence-corrected chi connectivity index (χ3v) is 4.78. The lowest BCUT2D eigenvalue weighted by Gasteiger charge is -2.12. The van der Waals surface area contributed by atoms with Crippen LogP contribution in [0, 0.1) is 5.82 Å². The summed E-state index contributed by atoms with van der Waals surface area (Å²) < 4.78 is 15.6. The van der Waals surface area contributed by atoms with Crippen LogP contribution in [0.4, 0.5) is 4.39 Å². The average molecular weight is 351 g/mol. The van der Waals surface area contributed by atoms with Crippen molar-refractivity contribution in [3.63, 3.8) is 0 Å². The summed E-state index contributed by atoms with van der Waals surface area (Å²) in [6.45, 7) is 0. The van der Waals surface area contributed by atoms with E-state index in [-0.39, 0.29) is 5.82 Å². The van der Waals surface area contributed by atoms with Crippen LogP contribution in [0.5, 0.6) is 0 Å². The summed E-state index contributed by atoms with van der Waals surface area (Å²) in [5, 5.41) is 0.929. The van der Waals surface area contributed by atoms with E-state index in [1.165, 1.54) is 0 Å². The van der Waals surface area contributed by atoms with Crippen molar-refractivity contribution in [1.82, 2.24) is 4.98 Å². The molecule has 0 bridgehead atoms. The van der Waals surface area contributed by atoms with Crippen molar-refractivity contribution in [2.45, 2.75) is 12.5 Å². The molecular formula is C15H12BrFN2S. The molecular weight excluding hydrogens is 339 g/mol. The second-order valence-corrected chi connectivity index (χ2v) is 6.50. The number of nitrogens with two attached hydrogens (primary N) is 1. The molecule has 5 heteroatoms. The molecule has 0 radical (unpaired) electrons. The summed E-state index contributed by atoms with van der Waals surface area (Å²) in [5.74, 6) is -0.291. The van der Waals surface area contributed by atoms with Crippen molar-refractivity contribution < 1.29 is 4.39 Å². The molecule has 3 rings (SSSR count). The zero-order valence-corrected chi connectivity index (χ0v) is 12.9. The van der Waals surface area contributed by atoms with Gasteiger partial charge in [-0.2, -0.15) is 0 Å². The molecule has 1 atom stereocenters. The van der Waals surface area contributed by atoms with E-state index in [2.05, 4.69) is 20.9 Å². The number of benzene rings is 2. The molecule has 0 fully saturated rings. The molecule has 0 spiro atoms. The summed E-state index contributed by atoms with van der Waals surface area (Å²) in [5.41, 5.74) is 7.60. The van der Waals surface area contributed by atoms with E-state index in [4.69, 9.17) is 5.73 Å². The number of fused-ring (bicyclic) bond motifs is 1. The Morgan fingerprint density at radius 2 is 2.00 bits per heavy atom.